The maximum Gasteiger partial charge on any atom is 0.233 e. The topological polar surface area (TPSA) is 37.4 Å². The quantitative estimate of drug-likeness (QED) is 0.131. The van der Waals surface area contributed by atoms with Gasteiger partial charge in [-0.05, 0) is 31.1 Å². The third-order valence-electron chi connectivity index (χ3n) is 7.11. The van der Waals surface area contributed by atoms with E-state index >= 15 is 0 Å². The lowest BCUT2D eigenvalue weighted by molar-refractivity contribution is -0.889. The largest absolute Gasteiger partial charge is 1.00 e. The van der Waals surface area contributed by atoms with Gasteiger partial charge in [-0.25, -0.2) is 0 Å². The summed E-state index contributed by atoms with van der Waals surface area (Å²) in [5.74, 6) is 0.761. The predicted molar refractivity (Wildman–Crippen MR) is 109 cm³/mol. The van der Waals surface area contributed by atoms with Crippen molar-refractivity contribution < 1.29 is 38.0 Å². The summed E-state index contributed by atoms with van der Waals surface area (Å²) in [5.41, 5.74) is 0. The summed E-state index contributed by atoms with van der Waals surface area (Å²) in [7, 11) is 4.47. The molecule has 0 aromatic carbocycles. The van der Waals surface area contributed by atoms with Crippen molar-refractivity contribution in [3.8, 4) is 0 Å². The smallest absolute Gasteiger partial charge is 0.233 e. The van der Waals surface area contributed by atoms with Gasteiger partial charge in [0.15, 0.2) is 0 Å². The molecule has 160 valence electrons. The number of likely N-dealkylation sites (tertiary alicyclic amines) is 1. The first-order valence-corrected chi connectivity index (χ1v) is 11.3. The molecular formula is C23H39IN2O2. The Hall–Kier alpha value is -0.430. The highest BCUT2D eigenvalue weighted by molar-refractivity contribution is 6.06. The fraction of sp³-hybridized carbons (Fsp3) is 0.826. The molecule has 2 amide bonds. The van der Waals surface area contributed by atoms with Gasteiger partial charge in [0, 0.05) is 0 Å². The number of amides is 2. The Morgan fingerprint density at radius 3 is 1.89 bits per heavy atom. The molecule has 0 N–H and O–H groups in total. The van der Waals surface area contributed by atoms with Gasteiger partial charge in [0.05, 0.1) is 45.6 Å². The summed E-state index contributed by atoms with van der Waals surface area (Å²) >= 11 is 0. The molecule has 5 heteroatoms. The molecule has 2 fully saturated rings. The zero-order valence-electron chi connectivity index (χ0n) is 18.0. The normalized spacial score (nSPS) is 28.2. The Labute approximate surface area is 188 Å². The first-order chi connectivity index (χ1) is 12.9. The van der Waals surface area contributed by atoms with E-state index in [4.69, 9.17) is 0 Å². The number of unbranched alkanes of at least 4 members (excludes halogenated alkanes) is 7. The Morgan fingerprint density at radius 1 is 0.857 bits per heavy atom. The molecule has 3 rings (SSSR count). The molecule has 0 radical (unpaired) electrons. The van der Waals surface area contributed by atoms with Gasteiger partial charge in [0.1, 0.15) is 0 Å². The third kappa shape index (κ3) is 5.38. The molecule has 0 aromatic rings. The highest BCUT2D eigenvalue weighted by Gasteiger charge is 2.59. The lowest BCUT2D eigenvalue weighted by Gasteiger charge is -2.31. The minimum Gasteiger partial charge on any atom is -1.00 e. The van der Waals surface area contributed by atoms with Crippen molar-refractivity contribution in [2.24, 2.45) is 23.7 Å². The van der Waals surface area contributed by atoms with Crippen molar-refractivity contribution in [3.05, 3.63) is 12.2 Å². The number of hydrogen-bond acceptors (Lipinski definition) is 2. The Bertz CT molecular complexity index is 545. The monoisotopic (exact) mass is 502 g/mol. The van der Waals surface area contributed by atoms with Crippen molar-refractivity contribution in [2.75, 3.05) is 33.7 Å². The first kappa shape index (κ1) is 23.8. The van der Waals surface area contributed by atoms with E-state index in [0.717, 1.165) is 24.0 Å². The van der Waals surface area contributed by atoms with Gasteiger partial charge in [0.2, 0.25) is 11.8 Å². The van der Waals surface area contributed by atoms with E-state index in [1.807, 2.05) is 0 Å². The van der Waals surface area contributed by atoms with Crippen LogP contribution < -0.4 is 24.0 Å². The van der Waals surface area contributed by atoms with E-state index in [0.29, 0.717) is 18.4 Å². The molecule has 28 heavy (non-hydrogen) atoms. The van der Waals surface area contributed by atoms with Crippen LogP contribution >= 0.6 is 0 Å². The molecular weight excluding hydrogens is 463 g/mol. The van der Waals surface area contributed by atoms with E-state index in [1.54, 1.807) is 4.90 Å². The van der Waals surface area contributed by atoms with Crippen molar-refractivity contribution >= 4 is 11.8 Å². The van der Waals surface area contributed by atoms with Crippen molar-refractivity contribution in [3.63, 3.8) is 0 Å². The van der Waals surface area contributed by atoms with Crippen LogP contribution in [0, 0.1) is 23.7 Å². The predicted octanol–water partition coefficient (Wildman–Crippen LogP) is 1.01. The number of halogens is 1. The Kier molecular flexibility index (Phi) is 8.99. The first-order valence-electron chi connectivity index (χ1n) is 11.3. The maximum absolute atomic E-state index is 12.8. The Balaban J connectivity index is 0.00000280. The molecule has 2 bridgehead atoms. The lowest BCUT2D eigenvalue weighted by atomic mass is 9.85. The summed E-state index contributed by atoms with van der Waals surface area (Å²) in [4.78, 5) is 27.1. The van der Waals surface area contributed by atoms with Crippen LogP contribution in [0.25, 0.3) is 0 Å². The van der Waals surface area contributed by atoms with Crippen molar-refractivity contribution in [1.82, 2.24) is 4.90 Å². The average molecular weight is 502 g/mol. The number of imide groups is 1. The molecule has 1 saturated heterocycles. The standard InChI is InChI=1S/C23H39N2O2.HI/c1-4-5-6-7-8-9-10-11-15-25(2,3)16-14-24-22(26)20-18-12-13-19(17-18)21(20)23(24)27;/h12-13,18-21H,4-11,14-17H2,1-3H3;1H/q+1;/p-1. The van der Waals surface area contributed by atoms with Gasteiger partial charge in [-0.3, -0.25) is 14.5 Å². The molecule has 4 nitrogen and oxygen atoms in total. The fourth-order valence-corrected chi connectivity index (χ4v) is 5.34. The number of hydrogen-bond donors (Lipinski definition) is 0. The number of nitrogens with zero attached hydrogens (tertiary/aromatic N) is 2. The van der Waals surface area contributed by atoms with Crippen LogP contribution in [0.15, 0.2) is 12.2 Å². The van der Waals surface area contributed by atoms with E-state index < -0.39 is 0 Å². The van der Waals surface area contributed by atoms with Crippen LogP contribution in [0.2, 0.25) is 0 Å². The maximum atomic E-state index is 12.8. The van der Waals surface area contributed by atoms with Crippen molar-refractivity contribution in [1.29, 1.82) is 0 Å². The van der Waals surface area contributed by atoms with Crippen LogP contribution in [0.1, 0.15) is 64.7 Å². The summed E-state index contributed by atoms with van der Waals surface area (Å²) in [6, 6.07) is 0. The number of quaternary nitrogens is 1. The van der Waals surface area contributed by atoms with E-state index in [-0.39, 0.29) is 47.6 Å². The third-order valence-corrected chi connectivity index (χ3v) is 7.11. The van der Waals surface area contributed by atoms with E-state index in [2.05, 4.69) is 33.2 Å². The summed E-state index contributed by atoms with van der Waals surface area (Å²) < 4.78 is 0.896. The second-order valence-electron chi connectivity index (χ2n) is 9.69. The van der Waals surface area contributed by atoms with Crippen LogP contribution in [0.4, 0.5) is 0 Å². The number of carbonyl (C=O) groups is 2. The average Bonchev–Trinajstić information content (AvgIpc) is 3.30. The molecule has 3 aliphatic rings. The molecule has 1 aliphatic heterocycles. The van der Waals surface area contributed by atoms with Crippen LogP contribution in [0.5, 0.6) is 0 Å². The number of fused-ring (bicyclic) bond motifs is 5. The van der Waals surface area contributed by atoms with E-state index in [9.17, 15) is 9.59 Å². The summed E-state index contributed by atoms with van der Waals surface area (Å²) in [5, 5.41) is 0. The molecule has 1 saturated carbocycles. The molecule has 4 atom stereocenters. The highest BCUT2D eigenvalue weighted by atomic mass is 127. The van der Waals surface area contributed by atoms with Gasteiger partial charge in [-0.15, -0.1) is 0 Å². The van der Waals surface area contributed by atoms with Crippen molar-refractivity contribution in [2.45, 2.75) is 64.7 Å². The van der Waals surface area contributed by atoms with Gasteiger partial charge in [0.25, 0.3) is 0 Å². The number of carbonyl (C=O) groups excluding carboxylic acids is 2. The summed E-state index contributed by atoms with van der Waals surface area (Å²) in [6.45, 7) is 4.85. The zero-order chi connectivity index (χ0) is 19.4. The number of rotatable bonds is 12. The van der Waals surface area contributed by atoms with E-state index in [1.165, 1.54) is 51.4 Å². The minimum absolute atomic E-state index is 0. The van der Waals surface area contributed by atoms with Crippen LogP contribution in [-0.4, -0.2) is 54.9 Å². The molecule has 0 aromatic heterocycles. The zero-order valence-corrected chi connectivity index (χ0v) is 20.2. The van der Waals surface area contributed by atoms with Gasteiger partial charge in [-0.1, -0.05) is 57.6 Å². The second kappa shape index (κ2) is 10.6. The molecule has 0 spiro atoms. The summed E-state index contributed by atoms with van der Waals surface area (Å²) in [6.07, 6.45) is 16.0. The lowest BCUT2D eigenvalue weighted by Crippen LogP contribution is -3.00. The highest BCUT2D eigenvalue weighted by Crippen LogP contribution is 2.52. The van der Waals surface area contributed by atoms with Crippen LogP contribution in [-0.2, 0) is 9.59 Å². The molecule has 1 heterocycles. The molecule has 2 aliphatic carbocycles. The fourth-order valence-electron chi connectivity index (χ4n) is 5.34. The molecule has 4 unspecified atom stereocenters. The minimum atomic E-state index is -0.0455. The van der Waals surface area contributed by atoms with Crippen LogP contribution in [0.3, 0.4) is 0 Å². The SMILES string of the molecule is CCCCCCCCCC[N+](C)(C)CCN1C(=O)C2C3C=CC(C3)C2C1=O.[I-]. The van der Waals surface area contributed by atoms with Gasteiger partial charge in [-0.2, -0.15) is 0 Å². The van der Waals surface area contributed by atoms with Gasteiger partial charge < -0.3 is 28.5 Å². The number of allylic oxidation sites excluding steroid dienone is 2. The number of likely N-dealkylation sites (N-methyl/N-ethyl adjacent to an activating group) is 1. The second-order valence-corrected chi connectivity index (χ2v) is 9.69. The Morgan fingerprint density at radius 2 is 1.36 bits per heavy atom. The van der Waals surface area contributed by atoms with Gasteiger partial charge >= 0.3 is 0 Å².